The van der Waals surface area contributed by atoms with Crippen LogP contribution in [0.3, 0.4) is 0 Å². The molecule has 2 unspecified atom stereocenters. The summed E-state index contributed by atoms with van der Waals surface area (Å²) in [6, 6.07) is 0.378. The number of rotatable bonds is 1. The first-order valence-electron chi connectivity index (χ1n) is 7.09. The Hall–Kier alpha value is -1.56. The van der Waals surface area contributed by atoms with Crippen molar-refractivity contribution in [3.8, 4) is 0 Å². The predicted molar refractivity (Wildman–Crippen MR) is 75.4 cm³/mol. The van der Waals surface area contributed by atoms with Crippen molar-refractivity contribution in [3.05, 3.63) is 23.2 Å². The number of aromatic nitrogens is 3. The third kappa shape index (κ3) is 2.12. The molecule has 2 aromatic heterocycles. The largest absolute Gasteiger partial charge is 0.353 e. The van der Waals surface area contributed by atoms with E-state index in [1.54, 1.807) is 0 Å². The van der Waals surface area contributed by atoms with Crippen LogP contribution in [0.2, 0.25) is 5.15 Å². The van der Waals surface area contributed by atoms with Crippen molar-refractivity contribution in [2.24, 2.45) is 5.92 Å². The fourth-order valence-electron chi connectivity index (χ4n) is 3.25. The zero-order valence-electron chi connectivity index (χ0n) is 11.2. The maximum atomic E-state index is 14.0. The van der Waals surface area contributed by atoms with E-state index in [1.165, 1.54) is 19.0 Å². The molecule has 0 bridgehead atoms. The van der Waals surface area contributed by atoms with Crippen LogP contribution < -0.4 is 4.90 Å². The molecule has 0 spiro atoms. The fraction of sp³-hybridized carbons (Fsp3) is 0.500. The van der Waals surface area contributed by atoms with Gasteiger partial charge in [-0.2, -0.15) is 14.4 Å². The second-order valence-electron chi connectivity index (χ2n) is 5.69. The Balaban J connectivity index is 1.90. The van der Waals surface area contributed by atoms with Crippen LogP contribution in [0.15, 0.2) is 6.20 Å². The zero-order valence-corrected chi connectivity index (χ0v) is 11.9. The highest BCUT2D eigenvalue weighted by molar-refractivity contribution is 6.30. The van der Waals surface area contributed by atoms with Crippen molar-refractivity contribution in [1.82, 2.24) is 15.0 Å². The molecule has 1 saturated carbocycles. The van der Waals surface area contributed by atoms with Crippen LogP contribution in [-0.4, -0.2) is 27.5 Å². The van der Waals surface area contributed by atoms with Crippen LogP contribution in [0.25, 0.3) is 10.9 Å². The summed E-state index contributed by atoms with van der Waals surface area (Å²) in [5, 5.41) is 0.123. The smallest absolute Gasteiger partial charge is 0.311 e. The van der Waals surface area contributed by atoms with Crippen LogP contribution in [0.5, 0.6) is 0 Å². The summed E-state index contributed by atoms with van der Waals surface area (Å²) in [5.41, 5.74) is -0.0982. The zero-order chi connectivity index (χ0) is 14.6. The van der Waals surface area contributed by atoms with Crippen LogP contribution in [0.1, 0.15) is 25.7 Å². The van der Waals surface area contributed by atoms with E-state index in [1.807, 2.05) is 0 Å². The summed E-state index contributed by atoms with van der Waals surface area (Å²) >= 11 is 5.66. The monoisotopic (exact) mass is 310 g/mol. The summed E-state index contributed by atoms with van der Waals surface area (Å²) in [6.07, 6.45) is 4.99. The summed E-state index contributed by atoms with van der Waals surface area (Å²) in [5.74, 6) is 0.291. The lowest BCUT2D eigenvalue weighted by Crippen LogP contribution is -2.28. The van der Waals surface area contributed by atoms with Crippen LogP contribution in [0.4, 0.5) is 14.6 Å². The lowest BCUT2D eigenvalue weighted by molar-refractivity contribution is 0.537. The molecule has 0 aromatic carbocycles. The van der Waals surface area contributed by atoms with Gasteiger partial charge >= 0.3 is 6.08 Å². The Morgan fingerprint density at radius 1 is 1.24 bits per heavy atom. The first kappa shape index (κ1) is 13.1. The van der Waals surface area contributed by atoms with Gasteiger partial charge in [0.2, 0.25) is 0 Å². The van der Waals surface area contributed by atoms with E-state index in [0.717, 1.165) is 19.4 Å². The molecule has 0 N–H and O–H groups in total. The number of nitrogens with zero attached hydrogens (tertiary/aromatic N) is 4. The minimum absolute atomic E-state index is 0.0982. The highest BCUT2D eigenvalue weighted by Crippen LogP contribution is 2.44. The van der Waals surface area contributed by atoms with Gasteiger partial charge in [-0.3, -0.25) is 0 Å². The molecule has 21 heavy (non-hydrogen) atoms. The third-order valence-electron chi connectivity index (χ3n) is 4.38. The molecule has 0 radical (unpaired) electrons. The Morgan fingerprint density at radius 2 is 2.10 bits per heavy atom. The van der Waals surface area contributed by atoms with E-state index in [-0.39, 0.29) is 10.7 Å². The highest BCUT2D eigenvalue weighted by atomic mass is 35.5. The molecular weight excluding hydrogens is 298 g/mol. The Morgan fingerprint density at radius 3 is 2.95 bits per heavy atom. The predicted octanol–water partition coefficient (Wildman–Crippen LogP) is 3.34. The van der Waals surface area contributed by atoms with Crippen molar-refractivity contribution in [2.75, 3.05) is 11.4 Å². The molecule has 2 aromatic rings. The van der Waals surface area contributed by atoms with Gasteiger partial charge < -0.3 is 4.90 Å². The molecule has 7 heteroatoms. The summed E-state index contributed by atoms with van der Waals surface area (Å²) < 4.78 is 27.8. The van der Waals surface area contributed by atoms with Gasteiger partial charge in [0.1, 0.15) is 11.3 Å². The average molecular weight is 311 g/mol. The maximum Gasteiger partial charge on any atom is 0.311 e. The molecule has 110 valence electrons. The molecule has 2 atom stereocenters. The van der Waals surface area contributed by atoms with Crippen molar-refractivity contribution < 1.29 is 8.78 Å². The maximum absolute atomic E-state index is 14.0. The SMILES string of the molecule is Fc1nc(N2CCCCC3CC32)c2cnc(Cl)c(F)c2n1. The van der Waals surface area contributed by atoms with Gasteiger partial charge in [-0.05, 0) is 25.2 Å². The standard InChI is InChI=1S/C14H13ClF2N4/c15-12-10(16)11-8(6-18-12)13(20-14(17)19-11)21-4-2-1-3-7-5-9(7)21/h6-7,9H,1-5H2. The number of halogens is 3. The van der Waals surface area contributed by atoms with E-state index in [2.05, 4.69) is 19.9 Å². The van der Waals surface area contributed by atoms with Gasteiger partial charge in [-0.1, -0.05) is 18.0 Å². The van der Waals surface area contributed by atoms with Crippen LogP contribution in [-0.2, 0) is 0 Å². The second-order valence-corrected chi connectivity index (χ2v) is 6.05. The lowest BCUT2D eigenvalue weighted by atomic mass is 10.2. The Labute approximate surface area is 125 Å². The van der Waals surface area contributed by atoms with E-state index < -0.39 is 11.9 Å². The molecule has 0 amide bonds. The molecule has 1 aliphatic carbocycles. The topological polar surface area (TPSA) is 41.9 Å². The first-order valence-corrected chi connectivity index (χ1v) is 7.47. The Kier molecular flexibility index (Phi) is 2.96. The molecule has 1 aliphatic heterocycles. The quantitative estimate of drug-likeness (QED) is 0.598. The van der Waals surface area contributed by atoms with Crippen molar-refractivity contribution in [2.45, 2.75) is 31.7 Å². The lowest BCUT2D eigenvalue weighted by Gasteiger charge is -2.23. The molecule has 4 rings (SSSR count). The molecular formula is C14H13ClF2N4. The minimum atomic E-state index is -0.930. The van der Waals surface area contributed by atoms with Gasteiger partial charge in [0.05, 0.1) is 5.39 Å². The van der Waals surface area contributed by atoms with Gasteiger partial charge in [0.15, 0.2) is 11.0 Å². The molecule has 1 saturated heterocycles. The second kappa shape index (κ2) is 4.73. The number of fused-ring (bicyclic) bond motifs is 2. The van der Waals surface area contributed by atoms with Crippen LogP contribution in [0, 0.1) is 17.8 Å². The Bertz CT molecular complexity index is 724. The summed E-state index contributed by atoms with van der Waals surface area (Å²) in [6.45, 7) is 0.803. The number of pyridine rings is 1. The highest BCUT2D eigenvalue weighted by Gasteiger charge is 2.43. The van der Waals surface area contributed by atoms with E-state index in [0.29, 0.717) is 23.2 Å². The molecule has 2 fully saturated rings. The number of hydrogen-bond acceptors (Lipinski definition) is 4. The molecule has 3 heterocycles. The summed E-state index contributed by atoms with van der Waals surface area (Å²) in [4.78, 5) is 13.4. The van der Waals surface area contributed by atoms with Gasteiger partial charge in [-0.25, -0.2) is 9.37 Å². The molecule has 4 nitrogen and oxygen atoms in total. The normalized spacial score (nSPS) is 24.8. The van der Waals surface area contributed by atoms with E-state index in [9.17, 15) is 8.78 Å². The van der Waals surface area contributed by atoms with Crippen LogP contribution >= 0.6 is 11.6 Å². The average Bonchev–Trinajstić information content (AvgIpc) is 3.22. The number of anilines is 1. The fourth-order valence-corrected chi connectivity index (χ4v) is 3.39. The summed E-state index contributed by atoms with van der Waals surface area (Å²) in [7, 11) is 0. The van der Waals surface area contributed by atoms with Crippen molar-refractivity contribution in [1.29, 1.82) is 0 Å². The molecule has 2 aliphatic rings. The van der Waals surface area contributed by atoms with E-state index >= 15 is 0 Å². The number of hydrogen-bond donors (Lipinski definition) is 0. The van der Waals surface area contributed by atoms with Crippen molar-refractivity contribution >= 4 is 28.3 Å². The van der Waals surface area contributed by atoms with Gasteiger partial charge in [-0.15, -0.1) is 0 Å². The third-order valence-corrected chi connectivity index (χ3v) is 4.64. The van der Waals surface area contributed by atoms with E-state index in [4.69, 9.17) is 11.6 Å². The van der Waals surface area contributed by atoms with Crippen molar-refractivity contribution in [3.63, 3.8) is 0 Å². The minimum Gasteiger partial charge on any atom is -0.353 e. The van der Waals surface area contributed by atoms with Gasteiger partial charge in [0, 0.05) is 18.8 Å². The first-order chi connectivity index (χ1) is 10.1. The van der Waals surface area contributed by atoms with Gasteiger partial charge in [0.25, 0.3) is 0 Å².